The van der Waals surface area contributed by atoms with Gasteiger partial charge in [-0.25, -0.2) is 4.98 Å². The first kappa shape index (κ1) is 16.4. The summed E-state index contributed by atoms with van der Waals surface area (Å²) in [5.41, 5.74) is 2.48. The van der Waals surface area contributed by atoms with E-state index < -0.39 is 10.8 Å². The molecule has 1 saturated heterocycles. The van der Waals surface area contributed by atoms with Crippen molar-refractivity contribution in [3.05, 3.63) is 23.4 Å². The average molecular weight is 309 g/mol. The summed E-state index contributed by atoms with van der Waals surface area (Å²) < 4.78 is 11.5. The van der Waals surface area contributed by atoms with E-state index in [9.17, 15) is 4.21 Å². The average Bonchev–Trinajstić information content (AvgIpc) is 2.48. The summed E-state index contributed by atoms with van der Waals surface area (Å²) in [4.78, 5) is 7.08. The molecule has 0 unspecified atom stereocenters. The van der Waals surface area contributed by atoms with E-state index in [0.717, 1.165) is 62.8 Å². The number of hydrogen-bond donors (Lipinski definition) is 1. The highest BCUT2D eigenvalue weighted by Gasteiger charge is 2.17. The Balaban J connectivity index is 2.12. The normalized spacial score (nSPS) is 16.4. The van der Waals surface area contributed by atoms with Crippen molar-refractivity contribution < 1.29 is 4.21 Å². The second-order valence-corrected chi connectivity index (χ2v) is 7.28. The summed E-state index contributed by atoms with van der Waals surface area (Å²) in [6.07, 6.45) is 3.29. The number of nitrogens with one attached hydrogen (secondary N) is 1. The first-order valence-corrected chi connectivity index (χ1v) is 9.52. The minimum absolute atomic E-state index is 0.637. The van der Waals surface area contributed by atoms with E-state index in [2.05, 4.69) is 36.2 Å². The smallest absolute Gasteiger partial charge is 0.129 e. The highest BCUT2D eigenvalue weighted by molar-refractivity contribution is 7.85. The van der Waals surface area contributed by atoms with Crippen molar-refractivity contribution in [2.75, 3.05) is 36.0 Å². The van der Waals surface area contributed by atoms with Crippen molar-refractivity contribution in [3.63, 3.8) is 0 Å². The van der Waals surface area contributed by atoms with Crippen LogP contribution in [0.25, 0.3) is 0 Å². The van der Waals surface area contributed by atoms with Crippen molar-refractivity contribution in [1.82, 2.24) is 10.3 Å². The lowest BCUT2D eigenvalue weighted by Crippen LogP contribution is -2.38. The van der Waals surface area contributed by atoms with Gasteiger partial charge in [-0.2, -0.15) is 0 Å². The molecule has 1 aliphatic heterocycles. The van der Waals surface area contributed by atoms with Gasteiger partial charge in [0.15, 0.2) is 0 Å². The molecule has 118 valence electrons. The highest BCUT2D eigenvalue weighted by atomic mass is 32.2. The third-order valence-corrected chi connectivity index (χ3v) is 4.96. The summed E-state index contributed by atoms with van der Waals surface area (Å²) in [6, 6.07) is 4.41. The molecular weight excluding hydrogens is 282 g/mol. The van der Waals surface area contributed by atoms with Crippen LogP contribution >= 0.6 is 0 Å². The van der Waals surface area contributed by atoms with Crippen molar-refractivity contribution >= 4 is 16.6 Å². The fourth-order valence-corrected chi connectivity index (χ4v) is 3.61. The van der Waals surface area contributed by atoms with Crippen molar-refractivity contribution in [2.45, 2.75) is 39.7 Å². The first-order chi connectivity index (χ1) is 10.2. The van der Waals surface area contributed by atoms with E-state index in [1.165, 1.54) is 11.3 Å². The van der Waals surface area contributed by atoms with Gasteiger partial charge in [-0.05, 0) is 37.1 Å². The number of aryl methyl sites for hydroxylation is 1. The lowest BCUT2D eigenvalue weighted by atomic mass is 10.1. The van der Waals surface area contributed by atoms with E-state index in [-0.39, 0.29) is 0 Å². The zero-order valence-electron chi connectivity index (χ0n) is 13.2. The molecule has 0 spiro atoms. The Hall–Kier alpha value is -0.940. The summed E-state index contributed by atoms with van der Waals surface area (Å²) in [7, 11) is -0.637. The molecule has 1 aliphatic rings. The predicted molar refractivity (Wildman–Crippen MR) is 90.3 cm³/mol. The Labute approximate surface area is 130 Å². The fourth-order valence-electron chi connectivity index (χ4n) is 2.56. The summed E-state index contributed by atoms with van der Waals surface area (Å²) in [5, 5.41) is 3.46. The van der Waals surface area contributed by atoms with Gasteiger partial charge >= 0.3 is 0 Å². The van der Waals surface area contributed by atoms with Gasteiger partial charge in [-0.3, -0.25) is 4.21 Å². The molecule has 0 bridgehead atoms. The largest absolute Gasteiger partial charge is 0.355 e. The lowest BCUT2D eigenvalue weighted by molar-refractivity contribution is 0.668. The quantitative estimate of drug-likeness (QED) is 0.784. The third kappa shape index (κ3) is 5.08. The van der Waals surface area contributed by atoms with E-state index in [0.29, 0.717) is 0 Å². The standard InChI is InChI=1S/C16H27N3OS/c1-3-5-15-11-14(13-17-6-4-2)12-16(18-15)19-7-9-21(20)10-8-19/h11-12,17H,3-10,13H2,1-2H3. The summed E-state index contributed by atoms with van der Waals surface area (Å²) in [6.45, 7) is 8.03. The Bertz CT molecular complexity index is 469. The van der Waals surface area contributed by atoms with Crippen LogP contribution in [0, 0.1) is 0 Å². The number of nitrogens with zero attached hydrogens (tertiary/aromatic N) is 2. The molecule has 0 radical (unpaired) electrons. The Morgan fingerprint density at radius 1 is 1.24 bits per heavy atom. The maximum absolute atomic E-state index is 11.5. The summed E-state index contributed by atoms with van der Waals surface area (Å²) >= 11 is 0. The van der Waals surface area contributed by atoms with Gasteiger partial charge in [0.2, 0.25) is 0 Å². The van der Waals surface area contributed by atoms with E-state index in [1.807, 2.05) is 0 Å². The van der Waals surface area contributed by atoms with Crippen LogP contribution in [0.2, 0.25) is 0 Å². The molecule has 5 heteroatoms. The Kier molecular flexibility index (Phi) is 6.64. The van der Waals surface area contributed by atoms with Crippen LogP contribution in [0.4, 0.5) is 5.82 Å². The topological polar surface area (TPSA) is 45.2 Å². The minimum Gasteiger partial charge on any atom is -0.355 e. The summed E-state index contributed by atoms with van der Waals surface area (Å²) in [5.74, 6) is 2.59. The van der Waals surface area contributed by atoms with E-state index >= 15 is 0 Å². The molecule has 0 aliphatic carbocycles. The number of hydrogen-bond acceptors (Lipinski definition) is 4. The first-order valence-electron chi connectivity index (χ1n) is 8.03. The van der Waals surface area contributed by atoms with Crippen molar-refractivity contribution in [2.24, 2.45) is 0 Å². The van der Waals surface area contributed by atoms with Crippen LogP contribution in [-0.2, 0) is 23.8 Å². The second kappa shape index (κ2) is 8.49. The lowest BCUT2D eigenvalue weighted by Gasteiger charge is -2.28. The van der Waals surface area contributed by atoms with Gasteiger partial charge in [0.1, 0.15) is 5.82 Å². The molecule has 0 amide bonds. The number of rotatable bonds is 7. The highest BCUT2D eigenvalue weighted by Crippen LogP contribution is 2.18. The van der Waals surface area contributed by atoms with Gasteiger partial charge in [0.25, 0.3) is 0 Å². The van der Waals surface area contributed by atoms with Gasteiger partial charge in [-0.15, -0.1) is 0 Å². The molecule has 1 aromatic heterocycles. The monoisotopic (exact) mass is 309 g/mol. The minimum atomic E-state index is -0.637. The molecule has 1 aromatic rings. The zero-order chi connectivity index (χ0) is 15.1. The van der Waals surface area contributed by atoms with E-state index in [4.69, 9.17) is 4.98 Å². The zero-order valence-corrected chi connectivity index (χ0v) is 14.0. The molecule has 1 fully saturated rings. The van der Waals surface area contributed by atoms with Crippen LogP contribution in [-0.4, -0.2) is 40.3 Å². The maximum Gasteiger partial charge on any atom is 0.129 e. The van der Waals surface area contributed by atoms with Crippen molar-refractivity contribution in [1.29, 1.82) is 0 Å². The van der Waals surface area contributed by atoms with Crippen LogP contribution in [0.1, 0.15) is 37.9 Å². The number of aromatic nitrogens is 1. The number of anilines is 1. The molecule has 21 heavy (non-hydrogen) atoms. The maximum atomic E-state index is 11.5. The van der Waals surface area contributed by atoms with Gasteiger partial charge in [0, 0.05) is 47.6 Å². The third-order valence-electron chi connectivity index (χ3n) is 3.69. The van der Waals surface area contributed by atoms with Crippen molar-refractivity contribution in [3.8, 4) is 0 Å². The Morgan fingerprint density at radius 3 is 2.67 bits per heavy atom. The van der Waals surface area contributed by atoms with Gasteiger partial charge in [-0.1, -0.05) is 20.3 Å². The predicted octanol–water partition coefficient (Wildman–Crippen LogP) is 2.10. The SMILES string of the molecule is CCCNCc1cc(CCC)nc(N2CCS(=O)CC2)c1. The molecule has 2 rings (SSSR count). The van der Waals surface area contributed by atoms with Crippen LogP contribution in [0.15, 0.2) is 12.1 Å². The van der Waals surface area contributed by atoms with Crippen LogP contribution in [0.5, 0.6) is 0 Å². The van der Waals surface area contributed by atoms with Crippen LogP contribution in [0.3, 0.4) is 0 Å². The molecule has 0 aromatic carbocycles. The van der Waals surface area contributed by atoms with Crippen LogP contribution < -0.4 is 10.2 Å². The number of pyridine rings is 1. The molecule has 0 saturated carbocycles. The molecule has 0 atom stereocenters. The molecule has 1 N–H and O–H groups in total. The Morgan fingerprint density at radius 2 is 2.00 bits per heavy atom. The molecule has 4 nitrogen and oxygen atoms in total. The second-order valence-electron chi connectivity index (χ2n) is 5.59. The van der Waals surface area contributed by atoms with Gasteiger partial charge < -0.3 is 10.2 Å². The van der Waals surface area contributed by atoms with Gasteiger partial charge in [0.05, 0.1) is 0 Å². The fraction of sp³-hybridized carbons (Fsp3) is 0.688. The molecular formula is C16H27N3OS. The molecule has 2 heterocycles. The van der Waals surface area contributed by atoms with E-state index in [1.54, 1.807) is 0 Å².